The van der Waals surface area contributed by atoms with Crippen LogP contribution in [0.1, 0.15) is 34.6 Å². The third kappa shape index (κ3) is 3.88. The number of anilines is 1. The van der Waals surface area contributed by atoms with Crippen LogP contribution in [0.25, 0.3) is 16.8 Å². The van der Waals surface area contributed by atoms with Crippen LogP contribution in [-0.2, 0) is 4.79 Å². The molecular formula is C28H27N3O2S. The van der Waals surface area contributed by atoms with Gasteiger partial charge in [0.25, 0.3) is 0 Å². The summed E-state index contributed by atoms with van der Waals surface area (Å²) in [4.78, 5) is 13.0. The highest BCUT2D eigenvalue weighted by Gasteiger charge is 2.34. The molecule has 1 amide bonds. The molecule has 2 heterocycles. The maximum absolute atomic E-state index is 13.0. The minimum absolute atomic E-state index is 0.00544. The molecule has 5 nitrogen and oxygen atoms in total. The van der Waals surface area contributed by atoms with E-state index in [1.165, 1.54) is 0 Å². The van der Waals surface area contributed by atoms with Crippen LogP contribution in [0.15, 0.2) is 72.8 Å². The van der Waals surface area contributed by atoms with Crippen molar-refractivity contribution in [3.63, 3.8) is 0 Å². The van der Waals surface area contributed by atoms with Crippen molar-refractivity contribution in [2.45, 2.75) is 31.3 Å². The zero-order valence-electron chi connectivity index (χ0n) is 19.7. The maximum atomic E-state index is 13.0. The molecule has 0 bridgehead atoms. The first kappa shape index (κ1) is 22.3. The van der Waals surface area contributed by atoms with E-state index in [2.05, 4.69) is 48.6 Å². The molecule has 1 aliphatic heterocycles. The Morgan fingerprint density at radius 1 is 0.971 bits per heavy atom. The average molecular weight is 470 g/mol. The number of hydrogen-bond donors (Lipinski definition) is 1. The second kappa shape index (κ2) is 9.03. The van der Waals surface area contributed by atoms with Crippen LogP contribution in [0.3, 0.4) is 0 Å². The number of rotatable bonds is 4. The number of thioether (sulfide) groups is 1. The van der Waals surface area contributed by atoms with E-state index in [-0.39, 0.29) is 16.4 Å². The van der Waals surface area contributed by atoms with Crippen LogP contribution < -0.4 is 10.1 Å². The van der Waals surface area contributed by atoms with Crippen LogP contribution >= 0.6 is 11.8 Å². The van der Waals surface area contributed by atoms with Gasteiger partial charge in [0.15, 0.2) is 0 Å². The van der Waals surface area contributed by atoms with Gasteiger partial charge in [0.2, 0.25) is 5.91 Å². The van der Waals surface area contributed by atoms with E-state index in [9.17, 15) is 4.79 Å². The molecule has 4 aromatic rings. The van der Waals surface area contributed by atoms with Gasteiger partial charge in [-0.25, -0.2) is 4.68 Å². The number of benzene rings is 3. The Hall–Kier alpha value is -3.51. The summed E-state index contributed by atoms with van der Waals surface area (Å²) in [5, 5.41) is 7.81. The molecule has 1 aromatic heterocycles. The number of nitrogens with one attached hydrogen (secondary N) is 1. The van der Waals surface area contributed by atoms with Gasteiger partial charge in [0.05, 0.1) is 29.0 Å². The van der Waals surface area contributed by atoms with Crippen molar-refractivity contribution in [1.82, 2.24) is 9.78 Å². The van der Waals surface area contributed by atoms with Crippen LogP contribution in [0.4, 0.5) is 5.82 Å². The molecule has 0 saturated heterocycles. The lowest BCUT2D eigenvalue weighted by Crippen LogP contribution is -2.22. The first-order valence-corrected chi connectivity index (χ1v) is 12.3. The number of carbonyl (C=O) groups is 1. The highest BCUT2D eigenvalue weighted by molar-refractivity contribution is 8.01. The highest BCUT2D eigenvalue weighted by Crippen LogP contribution is 2.46. The van der Waals surface area contributed by atoms with Crippen LogP contribution in [0.2, 0.25) is 0 Å². The Balaban J connectivity index is 1.61. The van der Waals surface area contributed by atoms with Gasteiger partial charge < -0.3 is 10.1 Å². The summed E-state index contributed by atoms with van der Waals surface area (Å²) in [6.45, 7) is 6.04. The number of para-hydroxylation sites is 2. The molecule has 6 heteroatoms. The van der Waals surface area contributed by atoms with E-state index in [1.54, 1.807) is 18.9 Å². The lowest BCUT2D eigenvalue weighted by molar-refractivity contribution is -0.115. The van der Waals surface area contributed by atoms with Crippen LogP contribution in [0, 0.1) is 13.8 Å². The van der Waals surface area contributed by atoms with Gasteiger partial charge in [0, 0.05) is 11.1 Å². The third-order valence-electron chi connectivity index (χ3n) is 6.29. The predicted octanol–water partition coefficient (Wildman–Crippen LogP) is 6.33. The number of ether oxygens (including phenoxy) is 1. The van der Waals surface area contributed by atoms with E-state index >= 15 is 0 Å². The van der Waals surface area contributed by atoms with Crippen molar-refractivity contribution in [2.24, 2.45) is 0 Å². The van der Waals surface area contributed by atoms with Crippen LogP contribution in [-0.4, -0.2) is 28.0 Å². The number of aromatic nitrogens is 2. The highest BCUT2D eigenvalue weighted by atomic mass is 32.2. The van der Waals surface area contributed by atoms with E-state index < -0.39 is 0 Å². The summed E-state index contributed by atoms with van der Waals surface area (Å²) in [5.74, 6) is 1.60. The summed E-state index contributed by atoms with van der Waals surface area (Å²) in [6.07, 6.45) is 0. The molecule has 0 aliphatic carbocycles. The summed E-state index contributed by atoms with van der Waals surface area (Å²) in [7, 11) is 1.69. The van der Waals surface area contributed by atoms with Crippen LogP contribution in [0.5, 0.6) is 5.75 Å². The lowest BCUT2D eigenvalue weighted by atomic mass is 9.99. The SMILES string of the molecule is COc1ccccc1-c1ccc([C@H]2S[C@@H](C)C(=O)Nc3c2c(C)nn3-c2ccccc2C)cc1. The fourth-order valence-corrected chi connectivity index (χ4v) is 5.79. The number of methoxy groups -OCH3 is 1. The molecule has 0 spiro atoms. The molecule has 1 aliphatic rings. The molecule has 172 valence electrons. The molecule has 2 atom stereocenters. The van der Waals surface area contributed by atoms with Crippen molar-refractivity contribution in [3.8, 4) is 22.6 Å². The molecule has 0 saturated carbocycles. The van der Waals surface area contributed by atoms with Gasteiger partial charge in [-0.3, -0.25) is 4.79 Å². The molecule has 1 N–H and O–H groups in total. The van der Waals surface area contributed by atoms with Crippen molar-refractivity contribution < 1.29 is 9.53 Å². The zero-order valence-corrected chi connectivity index (χ0v) is 20.5. The fraction of sp³-hybridized carbons (Fsp3) is 0.214. The van der Waals surface area contributed by atoms with Gasteiger partial charge in [0.1, 0.15) is 11.6 Å². The minimum atomic E-state index is -0.198. The quantitative estimate of drug-likeness (QED) is 0.380. The lowest BCUT2D eigenvalue weighted by Gasteiger charge is -2.18. The van der Waals surface area contributed by atoms with E-state index in [0.717, 1.165) is 50.8 Å². The molecular weight excluding hydrogens is 442 g/mol. The Morgan fingerprint density at radius 3 is 2.41 bits per heavy atom. The Kier molecular flexibility index (Phi) is 5.92. The van der Waals surface area contributed by atoms with Crippen molar-refractivity contribution in [3.05, 3.63) is 95.2 Å². The summed E-state index contributed by atoms with van der Waals surface area (Å²) in [6, 6.07) is 24.7. The second-order valence-corrected chi connectivity index (χ2v) is 9.97. The topological polar surface area (TPSA) is 56.1 Å². The summed E-state index contributed by atoms with van der Waals surface area (Å²) in [5.41, 5.74) is 7.33. The maximum Gasteiger partial charge on any atom is 0.238 e. The summed E-state index contributed by atoms with van der Waals surface area (Å²) < 4.78 is 7.43. The van der Waals surface area contributed by atoms with Gasteiger partial charge in [-0.2, -0.15) is 5.10 Å². The van der Waals surface area contributed by atoms with E-state index in [1.807, 2.05) is 54.9 Å². The normalized spacial score (nSPS) is 17.6. The van der Waals surface area contributed by atoms with Gasteiger partial charge in [-0.15, -0.1) is 11.8 Å². The Bertz CT molecular complexity index is 1360. The van der Waals surface area contributed by atoms with Gasteiger partial charge in [-0.05, 0) is 49.6 Å². The van der Waals surface area contributed by atoms with Crippen molar-refractivity contribution in [2.75, 3.05) is 12.4 Å². The predicted molar refractivity (Wildman–Crippen MR) is 139 cm³/mol. The number of amides is 1. The zero-order chi connectivity index (χ0) is 23.8. The third-order valence-corrected chi connectivity index (χ3v) is 7.70. The van der Waals surface area contributed by atoms with E-state index in [0.29, 0.717) is 0 Å². The minimum Gasteiger partial charge on any atom is -0.496 e. The second-order valence-electron chi connectivity index (χ2n) is 8.52. The Morgan fingerprint density at radius 2 is 1.68 bits per heavy atom. The van der Waals surface area contributed by atoms with Crippen molar-refractivity contribution in [1.29, 1.82) is 0 Å². The number of fused-ring (bicyclic) bond motifs is 1. The standard InChI is InChI=1S/C28H27N3O2S/c1-17-9-5-7-11-23(17)31-27-25(18(2)30-31)26(34-19(3)28(32)29-27)21-15-13-20(14-16-21)22-10-6-8-12-24(22)33-4/h5-16,19,26H,1-4H3,(H,29,32)/t19-,26+/m0/s1. The molecule has 3 aromatic carbocycles. The van der Waals surface area contributed by atoms with Crippen molar-refractivity contribution >= 4 is 23.5 Å². The summed E-state index contributed by atoms with van der Waals surface area (Å²) >= 11 is 1.66. The number of hydrogen-bond acceptors (Lipinski definition) is 4. The first-order chi connectivity index (χ1) is 16.5. The van der Waals surface area contributed by atoms with E-state index in [4.69, 9.17) is 9.84 Å². The monoisotopic (exact) mass is 469 g/mol. The number of aryl methyl sites for hydroxylation is 2. The molecule has 0 fully saturated rings. The number of carbonyl (C=O) groups excluding carboxylic acids is 1. The molecule has 0 unspecified atom stereocenters. The first-order valence-electron chi connectivity index (χ1n) is 11.3. The average Bonchev–Trinajstić information content (AvgIpc) is 3.10. The largest absolute Gasteiger partial charge is 0.496 e. The van der Waals surface area contributed by atoms with Gasteiger partial charge >= 0.3 is 0 Å². The molecule has 0 radical (unpaired) electrons. The molecule has 5 rings (SSSR count). The smallest absolute Gasteiger partial charge is 0.238 e. The van der Waals surface area contributed by atoms with Gasteiger partial charge in [-0.1, -0.05) is 60.7 Å². The fourth-order valence-electron chi connectivity index (χ4n) is 4.47. The Labute approximate surface area is 204 Å². The number of nitrogens with zero attached hydrogens (tertiary/aromatic N) is 2. The molecule has 34 heavy (non-hydrogen) atoms.